The van der Waals surface area contributed by atoms with Gasteiger partial charge in [-0.05, 0) is 48.5 Å². The number of anilines is 1. The van der Waals surface area contributed by atoms with E-state index in [0.29, 0.717) is 11.4 Å². The summed E-state index contributed by atoms with van der Waals surface area (Å²) in [6.45, 7) is 0. The van der Waals surface area contributed by atoms with Crippen LogP contribution in [0.2, 0.25) is 0 Å². The second-order valence-corrected chi connectivity index (χ2v) is 7.00. The molecule has 0 aliphatic carbocycles. The molecule has 0 aliphatic rings. The molecule has 23 heavy (non-hydrogen) atoms. The Bertz CT molecular complexity index is 920. The molecular weight excluding hydrogens is 346 g/mol. The van der Waals surface area contributed by atoms with Gasteiger partial charge in [0, 0.05) is 0 Å². The zero-order valence-electron chi connectivity index (χ0n) is 11.3. The summed E-state index contributed by atoms with van der Waals surface area (Å²) in [5.41, 5.74) is 3.18. The maximum absolute atomic E-state index is 10.8. The van der Waals surface area contributed by atoms with Crippen LogP contribution in [0.1, 0.15) is 0 Å². The Hall–Kier alpha value is -2.34. The first-order chi connectivity index (χ1) is 10.7. The lowest BCUT2D eigenvalue weighted by atomic mass is 10.3. The largest absolute Gasteiger partial charge is 0.744 e. The van der Waals surface area contributed by atoms with Crippen LogP contribution in [-0.2, 0) is 20.2 Å². The van der Waals surface area contributed by atoms with Gasteiger partial charge in [-0.25, -0.2) is 16.8 Å². The van der Waals surface area contributed by atoms with Gasteiger partial charge in [0.15, 0.2) is 0 Å². The zero-order chi connectivity index (χ0) is 17.1. The van der Waals surface area contributed by atoms with Gasteiger partial charge in [0.25, 0.3) is 0 Å². The van der Waals surface area contributed by atoms with Crippen molar-refractivity contribution in [3.8, 4) is 0 Å². The molecule has 0 radical (unpaired) electrons. The van der Waals surface area contributed by atoms with Crippen LogP contribution in [0.3, 0.4) is 0 Å². The highest BCUT2D eigenvalue weighted by Crippen LogP contribution is 2.17. The lowest BCUT2D eigenvalue weighted by Crippen LogP contribution is -1.98. The van der Waals surface area contributed by atoms with E-state index in [1.165, 1.54) is 24.3 Å². The van der Waals surface area contributed by atoms with Gasteiger partial charge < -0.3 is 9.11 Å². The van der Waals surface area contributed by atoms with Gasteiger partial charge >= 0.3 is 0 Å². The molecule has 2 rings (SSSR count). The van der Waals surface area contributed by atoms with E-state index in [1.807, 2.05) is 0 Å². The fourth-order valence-electron chi connectivity index (χ4n) is 1.52. The smallest absolute Gasteiger partial charge is 0.124 e. The Morgan fingerprint density at radius 1 is 0.739 bits per heavy atom. The monoisotopic (exact) mass is 355 g/mol. The molecule has 2 aromatic rings. The third-order valence-electron chi connectivity index (χ3n) is 2.61. The summed E-state index contributed by atoms with van der Waals surface area (Å²) in [6.07, 6.45) is 0. The fourth-order valence-corrected chi connectivity index (χ4v) is 2.45. The lowest BCUT2D eigenvalue weighted by molar-refractivity contribution is 0.461. The third-order valence-corrected chi connectivity index (χ3v) is 4.31. The first-order valence-corrected chi connectivity index (χ1v) is 8.76. The van der Waals surface area contributed by atoms with Crippen LogP contribution in [0.5, 0.6) is 0 Å². The van der Waals surface area contributed by atoms with Crippen molar-refractivity contribution in [2.45, 2.75) is 9.79 Å². The van der Waals surface area contributed by atoms with E-state index in [-0.39, 0.29) is 9.79 Å². The molecule has 0 heterocycles. The van der Waals surface area contributed by atoms with Gasteiger partial charge in [0.05, 0.1) is 21.2 Å². The number of nitrogens with one attached hydrogen (secondary N) is 1. The van der Waals surface area contributed by atoms with Crippen molar-refractivity contribution in [1.82, 2.24) is 0 Å². The molecule has 0 unspecified atom stereocenters. The summed E-state index contributed by atoms with van der Waals surface area (Å²) in [6, 6.07) is 9.69. The third kappa shape index (κ3) is 4.82. The van der Waals surface area contributed by atoms with Crippen LogP contribution in [0.4, 0.5) is 11.4 Å². The quantitative estimate of drug-likeness (QED) is 0.486. The van der Waals surface area contributed by atoms with Crippen molar-refractivity contribution in [2.24, 2.45) is 10.3 Å². The minimum absolute atomic E-state index is 0.295. The lowest BCUT2D eigenvalue weighted by Gasteiger charge is -2.07. The number of nitrogens with zero attached hydrogens (tertiary/aromatic N) is 2. The van der Waals surface area contributed by atoms with E-state index in [1.54, 1.807) is 0 Å². The average Bonchev–Trinajstić information content (AvgIpc) is 2.46. The molecule has 0 amide bonds. The van der Waals surface area contributed by atoms with Crippen LogP contribution < -0.4 is 5.43 Å². The van der Waals surface area contributed by atoms with Crippen LogP contribution in [0.25, 0.3) is 0 Å². The summed E-state index contributed by atoms with van der Waals surface area (Å²) < 4.78 is 64.5. The van der Waals surface area contributed by atoms with Crippen LogP contribution in [0.15, 0.2) is 68.7 Å². The topological polar surface area (TPSA) is 151 Å². The summed E-state index contributed by atoms with van der Waals surface area (Å²) in [5, 5.41) is 7.35. The van der Waals surface area contributed by atoms with Gasteiger partial charge in [-0.1, -0.05) is 5.22 Å². The van der Waals surface area contributed by atoms with Crippen molar-refractivity contribution < 1.29 is 25.9 Å². The molecule has 0 bridgehead atoms. The van der Waals surface area contributed by atoms with Gasteiger partial charge in [-0.15, -0.1) is 5.11 Å². The number of hydrogen-bond donors (Lipinski definition) is 1. The Balaban J connectivity index is 2.04. The molecule has 1 N–H and O–H groups in total. The van der Waals surface area contributed by atoms with E-state index < -0.39 is 20.2 Å². The Labute approximate surface area is 132 Å². The van der Waals surface area contributed by atoms with Gasteiger partial charge in [-0.3, -0.25) is 5.43 Å². The van der Waals surface area contributed by atoms with Crippen LogP contribution >= 0.6 is 0 Å². The van der Waals surface area contributed by atoms with E-state index in [9.17, 15) is 25.9 Å². The molecule has 2 aromatic carbocycles. The summed E-state index contributed by atoms with van der Waals surface area (Å²) in [7, 11) is -9.02. The second kappa shape index (κ2) is 6.42. The SMILES string of the molecule is O=S(=O)([O-])c1ccc(N=NNc2ccc(S(=O)(=O)[O-])cc2)cc1. The molecule has 0 fully saturated rings. The van der Waals surface area contributed by atoms with E-state index in [4.69, 9.17) is 0 Å². The number of rotatable bonds is 5. The molecule has 11 heteroatoms. The summed E-state index contributed by atoms with van der Waals surface area (Å²) in [4.78, 5) is -0.742. The first-order valence-electron chi connectivity index (χ1n) is 5.95. The standard InChI is InChI=1S/C12H11N3O6S2/c16-22(17,18)11-5-1-9(2-6-11)13-15-14-10-3-7-12(8-4-10)23(19,20)21/h1-8H,(H,13,14)(H,16,17,18)(H,19,20,21)/p-2. The highest BCUT2D eigenvalue weighted by molar-refractivity contribution is 7.86. The van der Waals surface area contributed by atoms with Gasteiger partial charge in [-0.2, -0.15) is 0 Å². The average molecular weight is 355 g/mol. The zero-order valence-corrected chi connectivity index (χ0v) is 12.9. The summed E-state index contributed by atoms with van der Waals surface area (Å²) in [5.74, 6) is 0. The van der Waals surface area contributed by atoms with Gasteiger partial charge in [0.1, 0.15) is 20.2 Å². The van der Waals surface area contributed by atoms with Crippen molar-refractivity contribution in [3.63, 3.8) is 0 Å². The molecule has 0 saturated heterocycles. The molecule has 0 aliphatic heterocycles. The van der Waals surface area contributed by atoms with Crippen molar-refractivity contribution in [2.75, 3.05) is 5.43 Å². The highest BCUT2D eigenvalue weighted by atomic mass is 32.2. The molecule has 0 saturated carbocycles. The summed E-state index contributed by atoms with van der Waals surface area (Å²) >= 11 is 0. The maximum atomic E-state index is 10.8. The Kier molecular flexibility index (Phi) is 4.75. The predicted molar refractivity (Wildman–Crippen MR) is 76.9 cm³/mol. The minimum Gasteiger partial charge on any atom is -0.744 e. The van der Waals surface area contributed by atoms with E-state index >= 15 is 0 Å². The molecule has 0 spiro atoms. The fraction of sp³-hybridized carbons (Fsp3) is 0. The molecule has 9 nitrogen and oxygen atoms in total. The number of hydrogen-bond acceptors (Lipinski definition) is 8. The minimum atomic E-state index is -4.51. The normalized spacial score (nSPS) is 12.4. The molecule has 0 atom stereocenters. The van der Waals surface area contributed by atoms with Crippen LogP contribution in [0, 0.1) is 0 Å². The second-order valence-electron chi connectivity index (χ2n) is 4.24. The molecule has 122 valence electrons. The molecular formula is C12H9N3O6S2-2. The van der Waals surface area contributed by atoms with Crippen molar-refractivity contribution in [1.29, 1.82) is 0 Å². The highest BCUT2D eigenvalue weighted by Gasteiger charge is 2.01. The number of benzene rings is 2. The van der Waals surface area contributed by atoms with Crippen molar-refractivity contribution >= 4 is 31.6 Å². The van der Waals surface area contributed by atoms with Crippen LogP contribution in [-0.4, -0.2) is 25.9 Å². The maximum Gasteiger partial charge on any atom is 0.124 e. The predicted octanol–water partition coefficient (Wildman–Crippen LogP) is 1.61. The first kappa shape index (κ1) is 17.0. The van der Waals surface area contributed by atoms with E-state index in [2.05, 4.69) is 15.8 Å². The van der Waals surface area contributed by atoms with Crippen molar-refractivity contribution in [3.05, 3.63) is 48.5 Å². The molecule has 0 aromatic heterocycles. The van der Waals surface area contributed by atoms with Gasteiger partial charge in [0.2, 0.25) is 0 Å². The Morgan fingerprint density at radius 2 is 1.17 bits per heavy atom. The Morgan fingerprint density at radius 3 is 1.61 bits per heavy atom. The van der Waals surface area contributed by atoms with E-state index in [0.717, 1.165) is 24.3 Å².